The minimum absolute atomic E-state index is 0.178. The minimum atomic E-state index is -0.201. The van der Waals surface area contributed by atoms with Crippen LogP contribution in [0.5, 0.6) is 0 Å². The van der Waals surface area contributed by atoms with Crippen molar-refractivity contribution in [2.24, 2.45) is 0 Å². The number of ether oxygens (including phenoxy) is 1. The fraction of sp³-hybridized carbons (Fsp3) is 0.923. The van der Waals surface area contributed by atoms with Gasteiger partial charge in [-0.05, 0) is 32.1 Å². The minimum Gasteiger partial charge on any atom is -0.368 e. The summed E-state index contributed by atoms with van der Waals surface area (Å²) in [5.41, 5.74) is 0. The van der Waals surface area contributed by atoms with Crippen molar-refractivity contribution in [1.29, 1.82) is 0 Å². The predicted molar refractivity (Wildman–Crippen MR) is 68.3 cm³/mol. The largest absolute Gasteiger partial charge is 0.368 e. The van der Waals surface area contributed by atoms with Gasteiger partial charge >= 0.3 is 0 Å². The molecule has 1 amide bonds. The van der Waals surface area contributed by atoms with E-state index in [1.165, 1.54) is 12.8 Å². The summed E-state index contributed by atoms with van der Waals surface area (Å²) in [5.74, 6) is 0.701. The van der Waals surface area contributed by atoms with Gasteiger partial charge in [-0.15, -0.1) is 11.6 Å². The molecule has 98 valence electrons. The van der Waals surface area contributed by atoms with Crippen LogP contribution in [-0.2, 0) is 9.53 Å². The first-order valence-corrected chi connectivity index (χ1v) is 7.34. The lowest BCUT2D eigenvalue weighted by Gasteiger charge is -2.33. The molecule has 1 saturated carbocycles. The number of alkyl halides is 1. The van der Waals surface area contributed by atoms with Gasteiger partial charge < -0.3 is 9.64 Å². The molecule has 17 heavy (non-hydrogen) atoms. The molecule has 1 atom stereocenters. The molecule has 2 aliphatic rings. The van der Waals surface area contributed by atoms with Gasteiger partial charge in [-0.2, -0.15) is 0 Å². The van der Waals surface area contributed by atoms with Gasteiger partial charge in [-0.25, -0.2) is 0 Å². The van der Waals surface area contributed by atoms with Crippen LogP contribution in [0.3, 0.4) is 0 Å². The maximum Gasteiger partial charge on any atom is 0.251 e. The van der Waals surface area contributed by atoms with Gasteiger partial charge in [0.2, 0.25) is 0 Å². The van der Waals surface area contributed by atoms with Crippen molar-refractivity contribution < 1.29 is 9.53 Å². The van der Waals surface area contributed by atoms with E-state index in [0.717, 1.165) is 38.7 Å². The molecule has 1 heterocycles. The van der Waals surface area contributed by atoms with E-state index in [0.29, 0.717) is 18.5 Å². The first kappa shape index (κ1) is 13.2. The van der Waals surface area contributed by atoms with Gasteiger partial charge in [0.15, 0.2) is 0 Å². The lowest BCUT2D eigenvalue weighted by atomic mass is 10.1. The molecule has 0 bridgehead atoms. The van der Waals surface area contributed by atoms with Gasteiger partial charge in [0.25, 0.3) is 5.91 Å². The Morgan fingerprint density at radius 1 is 1.18 bits per heavy atom. The van der Waals surface area contributed by atoms with Gasteiger partial charge in [0.05, 0.1) is 0 Å². The van der Waals surface area contributed by atoms with E-state index in [1.54, 1.807) is 0 Å². The van der Waals surface area contributed by atoms with Crippen LogP contribution < -0.4 is 0 Å². The zero-order valence-corrected chi connectivity index (χ0v) is 11.1. The highest BCUT2D eigenvalue weighted by atomic mass is 35.5. The Balaban J connectivity index is 1.95. The second-order valence-corrected chi connectivity index (χ2v) is 5.39. The number of carbonyl (C=O) groups excluding carboxylic acids is 1. The van der Waals surface area contributed by atoms with Crippen LogP contribution in [0, 0.1) is 0 Å². The zero-order valence-electron chi connectivity index (χ0n) is 10.4. The molecule has 0 aromatic carbocycles. The molecule has 0 N–H and O–H groups in total. The number of hydrogen-bond donors (Lipinski definition) is 0. The summed E-state index contributed by atoms with van der Waals surface area (Å²) in [7, 11) is 0. The Kier molecular flexibility index (Phi) is 5.11. The van der Waals surface area contributed by atoms with Crippen LogP contribution in [-0.4, -0.2) is 42.0 Å². The van der Waals surface area contributed by atoms with E-state index in [2.05, 4.69) is 0 Å². The molecular weight excluding hydrogens is 238 g/mol. The van der Waals surface area contributed by atoms with Crippen LogP contribution in [0.2, 0.25) is 0 Å². The fourth-order valence-electron chi connectivity index (χ4n) is 2.90. The third-order valence-corrected chi connectivity index (χ3v) is 4.00. The molecule has 0 spiro atoms. The lowest BCUT2D eigenvalue weighted by molar-refractivity contribution is -0.148. The van der Waals surface area contributed by atoms with E-state index in [4.69, 9.17) is 16.3 Å². The summed E-state index contributed by atoms with van der Waals surface area (Å²) in [6, 6.07) is 0.409. The van der Waals surface area contributed by atoms with Crippen LogP contribution >= 0.6 is 11.6 Å². The Bertz CT molecular complexity index is 248. The molecule has 0 aromatic rings. The van der Waals surface area contributed by atoms with Gasteiger partial charge in [0.1, 0.15) is 6.10 Å². The Labute approximate surface area is 108 Å². The molecule has 2 fully saturated rings. The lowest BCUT2D eigenvalue weighted by Crippen LogP contribution is -2.47. The molecule has 0 aromatic heterocycles. The van der Waals surface area contributed by atoms with Crippen molar-refractivity contribution in [3.8, 4) is 0 Å². The summed E-state index contributed by atoms with van der Waals surface area (Å²) in [5, 5.41) is 0. The summed E-state index contributed by atoms with van der Waals surface area (Å²) in [4.78, 5) is 14.4. The Morgan fingerprint density at radius 2 is 1.88 bits per heavy atom. The second kappa shape index (κ2) is 6.60. The fourth-order valence-corrected chi connectivity index (χ4v) is 3.08. The summed E-state index contributed by atoms with van der Waals surface area (Å²) in [6.45, 7) is 1.40. The van der Waals surface area contributed by atoms with Crippen LogP contribution in [0.4, 0.5) is 0 Å². The van der Waals surface area contributed by atoms with Crippen LogP contribution in [0.1, 0.15) is 44.9 Å². The van der Waals surface area contributed by atoms with Crippen molar-refractivity contribution in [1.82, 2.24) is 4.90 Å². The third-order valence-electron chi connectivity index (χ3n) is 3.83. The monoisotopic (exact) mass is 259 g/mol. The molecular formula is C13H22ClNO2. The number of hydrogen-bond acceptors (Lipinski definition) is 2. The van der Waals surface area contributed by atoms with E-state index in [1.807, 2.05) is 4.90 Å². The second-order valence-electron chi connectivity index (χ2n) is 5.01. The molecule has 4 heteroatoms. The Morgan fingerprint density at radius 3 is 2.47 bits per heavy atom. The normalized spacial score (nSPS) is 26.1. The standard InChI is InChI=1S/C13H22ClNO2/c14-8-9-15(11-5-1-2-6-11)13(16)12-7-3-4-10-17-12/h11-12H,1-10H2. The van der Waals surface area contributed by atoms with Crippen molar-refractivity contribution in [2.45, 2.75) is 57.1 Å². The predicted octanol–water partition coefficient (Wildman–Crippen LogP) is 2.57. The van der Waals surface area contributed by atoms with Crippen molar-refractivity contribution in [2.75, 3.05) is 19.0 Å². The number of carbonyl (C=O) groups is 1. The van der Waals surface area contributed by atoms with E-state index in [9.17, 15) is 4.79 Å². The number of rotatable bonds is 4. The highest BCUT2D eigenvalue weighted by molar-refractivity contribution is 6.18. The van der Waals surface area contributed by atoms with Gasteiger partial charge in [0, 0.05) is 25.1 Å². The molecule has 3 nitrogen and oxygen atoms in total. The van der Waals surface area contributed by atoms with E-state index in [-0.39, 0.29) is 12.0 Å². The first-order chi connectivity index (χ1) is 8.33. The third kappa shape index (κ3) is 3.35. The molecule has 1 saturated heterocycles. The maximum atomic E-state index is 12.4. The van der Waals surface area contributed by atoms with Gasteiger partial charge in [-0.1, -0.05) is 12.8 Å². The number of nitrogens with zero attached hydrogens (tertiary/aromatic N) is 1. The topological polar surface area (TPSA) is 29.5 Å². The van der Waals surface area contributed by atoms with Crippen LogP contribution in [0.15, 0.2) is 0 Å². The molecule has 2 rings (SSSR count). The molecule has 1 aliphatic carbocycles. The molecule has 1 unspecified atom stereocenters. The van der Waals surface area contributed by atoms with Crippen molar-refractivity contribution >= 4 is 17.5 Å². The highest BCUT2D eigenvalue weighted by Crippen LogP contribution is 2.25. The van der Waals surface area contributed by atoms with E-state index >= 15 is 0 Å². The van der Waals surface area contributed by atoms with E-state index < -0.39 is 0 Å². The number of amides is 1. The average molecular weight is 260 g/mol. The summed E-state index contributed by atoms with van der Waals surface area (Å²) >= 11 is 5.82. The zero-order chi connectivity index (χ0) is 12.1. The number of halogens is 1. The first-order valence-electron chi connectivity index (χ1n) is 6.81. The van der Waals surface area contributed by atoms with Gasteiger partial charge in [-0.3, -0.25) is 4.79 Å². The maximum absolute atomic E-state index is 12.4. The summed E-state index contributed by atoms with van der Waals surface area (Å²) in [6.07, 6.45) is 7.62. The SMILES string of the molecule is O=C(C1CCCCO1)N(CCCl)C1CCCC1. The summed E-state index contributed by atoms with van der Waals surface area (Å²) < 4.78 is 5.59. The average Bonchev–Trinajstić information content (AvgIpc) is 2.90. The highest BCUT2D eigenvalue weighted by Gasteiger charge is 2.32. The smallest absolute Gasteiger partial charge is 0.251 e. The molecule has 0 radical (unpaired) electrons. The van der Waals surface area contributed by atoms with Crippen LogP contribution in [0.25, 0.3) is 0 Å². The molecule has 1 aliphatic heterocycles. The Hall–Kier alpha value is -0.280. The quantitative estimate of drug-likeness (QED) is 0.727. The van der Waals surface area contributed by atoms with Crippen molar-refractivity contribution in [3.63, 3.8) is 0 Å². The van der Waals surface area contributed by atoms with Crippen molar-refractivity contribution in [3.05, 3.63) is 0 Å².